The fourth-order valence-electron chi connectivity index (χ4n) is 2.89. The lowest BCUT2D eigenvalue weighted by atomic mass is 10.1. The summed E-state index contributed by atoms with van der Waals surface area (Å²) in [5, 5.41) is 26.4. The summed E-state index contributed by atoms with van der Waals surface area (Å²) in [5.74, 6) is 0.659. The van der Waals surface area contributed by atoms with Gasteiger partial charge in [0.15, 0.2) is 0 Å². The van der Waals surface area contributed by atoms with Crippen LogP contribution in [0.1, 0.15) is 32.6 Å². The van der Waals surface area contributed by atoms with Gasteiger partial charge in [-0.2, -0.15) is 4.59 Å². The average Bonchev–Trinajstić information content (AvgIpc) is 2.54. The van der Waals surface area contributed by atoms with Crippen molar-refractivity contribution < 1.29 is 19.5 Å². The minimum atomic E-state index is -0.633. The zero-order valence-electron chi connectivity index (χ0n) is 13.3. The van der Waals surface area contributed by atoms with Gasteiger partial charge in [0.1, 0.15) is 38.1 Å². The molecular formula is C17H26N2O3. The van der Waals surface area contributed by atoms with E-state index in [-0.39, 0.29) is 12.5 Å². The lowest BCUT2D eigenvalue weighted by molar-refractivity contribution is -0.942. The van der Waals surface area contributed by atoms with Crippen LogP contribution < -0.4 is 9.84 Å². The summed E-state index contributed by atoms with van der Waals surface area (Å²) in [6, 6.07) is 9.45. The molecule has 1 N–H and O–H groups in total. The van der Waals surface area contributed by atoms with Gasteiger partial charge in [-0.15, -0.1) is 5.10 Å². The van der Waals surface area contributed by atoms with Gasteiger partial charge >= 0.3 is 0 Å². The number of ether oxygens (including phenoxy) is 1. The van der Waals surface area contributed by atoms with Crippen molar-refractivity contribution >= 4 is 5.90 Å². The third-order valence-electron chi connectivity index (χ3n) is 4.01. The van der Waals surface area contributed by atoms with Gasteiger partial charge < -0.3 is 14.9 Å². The molecule has 0 saturated carbocycles. The lowest BCUT2D eigenvalue weighted by Crippen LogP contribution is -2.53. The van der Waals surface area contributed by atoms with Crippen molar-refractivity contribution in [2.75, 3.05) is 26.2 Å². The van der Waals surface area contributed by atoms with E-state index < -0.39 is 6.10 Å². The first-order valence-corrected chi connectivity index (χ1v) is 8.12. The highest BCUT2D eigenvalue weighted by Crippen LogP contribution is 2.21. The van der Waals surface area contributed by atoms with E-state index in [0.29, 0.717) is 17.6 Å². The topological polar surface area (TPSA) is 64.9 Å². The van der Waals surface area contributed by atoms with Crippen molar-refractivity contribution in [1.82, 2.24) is 0 Å². The van der Waals surface area contributed by atoms with Crippen LogP contribution in [0.5, 0.6) is 5.75 Å². The van der Waals surface area contributed by atoms with E-state index in [4.69, 9.17) is 4.74 Å². The van der Waals surface area contributed by atoms with Crippen LogP contribution in [0.25, 0.3) is 0 Å². The smallest absolute Gasteiger partial charge is 0.139 e. The molecule has 5 nitrogen and oxygen atoms in total. The average molecular weight is 306 g/mol. The molecule has 0 radical (unpaired) electrons. The molecule has 1 heterocycles. The summed E-state index contributed by atoms with van der Waals surface area (Å²) in [4.78, 5) is 0. The van der Waals surface area contributed by atoms with Crippen LogP contribution in [0.3, 0.4) is 0 Å². The van der Waals surface area contributed by atoms with Gasteiger partial charge in [0.2, 0.25) is 0 Å². The molecule has 1 atom stereocenters. The van der Waals surface area contributed by atoms with Crippen LogP contribution in [0.4, 0.5) is 0 Å². The van der Waals surface area contributed by atoms with E-state index in [1.54, 1.807) is 0 Å². The number of piperidine rings is 1. The summed E-state index contributed by atoms with van der Waals surface area (Å²) in [5.41, 5.74) is 0. The van der Waals surface area contributed by atoms with E-state index in [1.807, 2.05) is 37.3 Å². The Bertz CT molecular complexity index is 470. The second-order valence-electron chi connectivity index (χ2n) is 5.91. The number of likely N-dealkylation sites (tertiary alicyclic amines) is 1. The molecule has 1 aliphatic rings. The van der Waals surface area contributed by atoms with Crippen molar-refractivity contribution in [1.29, 1.82) is 0 Å². The van der Waals surface area contributed by atoms with Crippen LogP contribution in [0.2, 0.25) is 0 Å². The highest BCUT2D eigenvalue weighted by atomic mass is 16.5. The molecule has 1 fully saturated rings. The van der Waals surface area contributed by atoms with Crippen molar-refractivity contribution in [3.05, 3.63) is 30.3 Å². The third-order valence-corrected chi connectivity index (χ3v) is 4.01. The van der Waals surface area contributed by atoms with Crippen molar-refractivity contribution in [3.63, 3.8) is 0 Å². The van der Waals surface area contributed by atoms with E-state index in [2.05, 4.69) is 5.10 Å². The quantitative estimate of drug-likeness (QED) is 0.472. The molecule has 1 aliphatic heterocycles. The van der Waals surface area contributed by atoms with Gasteiger partial charge in [0.25, 0.3) is 0 Å². The van der Waals surface area contributed by atoms with E-state index in [9.17, 15) is 10.2 Å². The Hall–Kier alpha value is -1.59. The van der Waals surface area contributed by atoms with Gasteiger partial charge in [-0.05, 0) is 37.8 Å². The molecule has 122 valence electrons. The zero-order valence-corrected chi connectivity index (χ0v) is 13.3. The van der Waals surface area contributed by atoms with Gasteiger partial charge in [-0.25, -0.2) is 0 Å². The highest BCUT2D eigenvalue weighted by Gasteiger charge is 2.33. The predicted octanol–water partition coefficient (Wildman–Crippen LogP) is 1.51. The monoisotopic (exact) mass is 306 g/mol. The van der Waals surface area contributed by atoms with Crippen molar-refractivity contribution in [2.24, 2.45) is 5.10 Å². The number of quaternary nitrogens is 1. The standard InChI is InChI=1S/C17H26N2O3/c1-2-17(21)18-19(11-7-4-8-12-19)13-15(20)14-22-16-9-5-3-6-10-16/h3,5-6,9-10,15,20H,2,4,7-8,11-14H2,1H3. The van der Waals surface area contributed by atoms with Crippen molar-refractivity contribution in [2.45, 2.75) is 38.7 Å². The van der Waals surface area contributed by atoms with E-state index in [1.165, 1.54) is 6.42 Å². The molecule has 1 aromatic carbocycles. The molecule has 2 rings (SSSR count). The summed E-state index contributed by atoms with van der Waals surface area (Å²) in [6.45, 7) is 4.14. The minimum absolute atomic E-state index is 0.0851. The Morgan fingerprint density at radius 1 is 1.27 bits per heavy atom. The molecule has 0 aromatic heterocycles. The first kappa shape index (κ1) is 16.8. The van der Waals surface area contributed by atoms with Crippen LogP contribution in [-0.4, -0.2) is 47.9 Å². The summed E-state index contributed by atoms with van der Waals surface area (Å²) in [7, 11) is 0. The number of benzene rings is 1. The molecule has 0 amide bonds. The Balaban J connectivity index is 1.94. The van der Waals surface area contributed by atoms with Crippen LogP contribution in [0.15, 0.2) is 35.4 Å². The number of hydrogen-bond donors (Lipinski definition) is 1. The predicted molar refractivity (Wildman–Crippen MR) is 84.4 cm³/mol. The van der Waals surface area contributed by atoms with E-state index in [0.717, 1.165) is 31.7 Å². The number of para-hydroxylation sites is 1. The first-order chi connectivity index (χ1) is 10.6. The molecule has 1 aromatic rings. The second kappa shape index (κ2) is 8.15. The molecule has 0 spiro atoms. The van der Waals surface area contributed by atoms with Crippen LogP contribution >= 0.6 is 0 Å². The molecule has 0 aliphatic carbocycles. The Labute approximate surface area is 132 Å². The van der Waals surface area contributed by atoms with Crippen LogP contribution in [-0.2, 0) is 0 Å². The number of hydrogen-bond acceptors (Lipinski definition) is 4. The summed E-state index contributed by atoms with van der Waals surface area (Å²) >= 11 is 0. The fourth-order valence-corrected chi connectivity index (χ4v) is 2.89. The maximum Gasteiger partial charge on any atom is 0.139 e. The van der Waals surface area contributed by atoms with Gasteiger partial charge in [-0.1, -0.05) is 25.1 Å². The largest absolute Gasteiger partial charge is 0.858 e. The van der Waals surface area contributed by atoms with Crippen molar-refractivity contribution in [3.8, 4) is 5.75 Å². The zero-order chi connectivity index (χ0) is 15.8. The molecule has 5 heteroatoms. The molecule has 1 unspecified atom stereocenters. The Morgan fingerprint density at radius 2 is 1.95 bits per heavy atom. The molecule has 22 heavy (non-hydrogen) atoms. The molecule has 1 saturated heterocycles. The summed E-state index contributed by atoms with van der Waals surface area (Å²) < 4.78 is 5.95. The van der Waals surface area contributed by atoms with Gasteiger partial charge in [0, 0.05) is 5.90 Å². The van der Waals surface area contributed by atoms with Gasteiger partial charge in [0.05, 0.1) is 0 Å². The highest BCUT2D eigenvalue weighted by molar-refractivity contribution is 5.70. The van der Waals surface area contributed by atoms with Gasteiger partial charge in [-0.3, -0.25) is 0 Å². The normalized spacial score (nSPS) is 19.6. The van der Waals surface area contributed by atoms with Crippen LogP contribution in [0, 0.1) is 0 Å². The maximum atomic E-state index is 11.8. The second-order valence-corrected chi connectivity index (χ2v) is 5.91. The number of nitrogens with zero attached hydrogens (tertiary/aromatic N) is 2. The minimum Gasteiger partial charge on any atom is -0.858 e. The molecule has 0 bridgehead atoms. The third kappa shape index (κ3) is 5.00. The first-order valence-electron chi connectivity index (χ1n) is 8.12. The Kier molecular flexibility index (Phi) is 6.21. The SMILES string of the molecule is CC/C([O-])=N/[N+]1(CC(O)COc2ccccc2)CCCCC1. The lowest BCUT2D eigenvalue weighted by Gasteiger charge is -2.38. The maximum absolute atomic E-state index is 11.8. The summed E-state index contributed by atoms with van der Waals surface area (Å²) in [6.07, 6.45) is 3.05. The fraction of sp³-hybridized carbons (Fsp3) is 0.588. The number of aliphatic hydroxyl groups is 1. The van der Waals surface area contributed by atoms with E-state index >= 15 is 0 Å². The molecular weight excluding hydrogens is 280 g/mol. The Morgan fingerprint density at radius 3 is 2.59 bits per heavy atom. The number of aliphatic hydroxyl groups excluding tert-OH is 1. The number of rotatable bonds is 7.